The molecule has 0 saturated heterocycles. The lowest BCUT2D eigenvalue weighted by Gasteiger charge is -2.34. The van der Waals surface area contributed by atoms with E-state index >= 15 is 0 Å². The zero-order valence-corrected chi connectivity index (χ0v) is 12.4. The van der Waals surface area contributed by atoms with Gasteiger partial charge in [0.05, 0.1) is 6.10 Å². The summed E-state index contributed by atoms with van der Waals surface area (Å²) in [6.07, 6.45) is 4.80. The Hall–Kier alpha value is -1.02. The molecule has 0 aliphatic heterocycles. The van der Waals surface area contributed by atoms with E-state index in [-0.39, 0.29) is 0 Å². The molecule has 1 aliphatic carbocycles. The highest BCUT2D eigenvalue weighted by molar-refractivity contribution is 5.29. The molecule has 1 aliphatic rings. The van der Waals surface area contributed by atoms with Crippen molar-refractivity contribution in [1.29, 1.82) is 0 Å². The summed E-state index contributed by atoms with van der Waals surface area (Å²) >= 11 is 0. The Morgan fingerprint density at radius 3 is 2.32 bits per heavy atom. The quantitative estimate of drug-likeness (QED) is 0.884. The summed E-state index contributed by atoms with van der Waals surface area (Å²) in [5.74, 6) is 1.56. The minimum absolute atomic E-state index is 0.358. The van der Waals surface area contributed by atoms with Crippen molar-refractivity contribution in [3.63, 3.8) is 0 Å². The second-order valence-electron chi connectivity index (χ2n) is 6.67. The van der Waals surface area contributed by atoms with Gasteiger partial charge in [0.15, 0.2) is 0 Å². The van der Waals surface area contributed by atoms with E-state index in [2.05, 4.69) is 26.0 Å². The average Bonchev–Trinajstić information content (AvgIpc) is 2.37. The molecule has 0 aromatic heterocycles. The van der Waals surface area contributed by atoms with E-state index in [1.807, 2.05) is 12.1 Å². The summed E-state index contributed by atoms with van der Waals surface area (Å²) in [4.78, 5) is 0. The number of hydrogen-bond donors (Lipinski definition) is 1. The van der Waals surface area contributed by atoms with Crippen molar-refractivity contribution in [2.75, 3.05) is 6.61 Å². The third kappa shape index (κ3) is 4.24. The van der Waals surface area contributed by atoms with Crippen molar-refractivity contribution in [3.05, 3.63) is 29.8 Å². The summed E-state index contributed by atoms with van der Waals surface area (Å²) in [7, 11) is 0. The van der Waals surface area contributed by atoms with Crippen molar-refractivity contribution >= 4 is 0 Å². The number of hydrogen-bond acceptors (Lipinski definition) is 2. The van der Waals surface area contributed by atoms with E-state index in [4.69, 9.17) is 4.74 Å². The normalized spacial score (nSPS) is 21.1. The van der Waals surface area contributed by atoms with Crippen LogP contribution < -0.4 is 4.74 Å². The van der Waals surface area contributed by atoms with Crippen LogP contribution in [0.4, 0.5) is 0 Å². The topological polar surface area (TPSA) is 29.5 Å². The molecule has 2 rings (SSSR count). The maximum Gasteiger partial charge on any atom is 0.119 e. The summed E-state index contributed by atoms with van der Waals surface area (Å²) < 4.78 is 5.49. The van der Waals surface area contributed by atoms with Gasteiger partial charge >= 0.3 is 0 Å². The fraction of sp³-hybridized carbons (Fsp3) is 0.647. The molecule has 0 radical (unpaired) electrons. The Morgan fingerprint density at radius 2 is 1.79 bits per heavy atom. The summed E-state index contributed by atoms with van der Waals surface area (Å²) in [5.41, 5.74) is 1.96. The van der Waals surface area contributed by atoms with Gasteiger partial charge in [-0.2, -0.15) is 0 Å². The molecular formula is C17H26O2. The molecule has 0 heterocycles. The van der Waals surface area contributed by atoms with Crippen LogP contribution in [0.1, 0.15) is 57.9 Å². The molecule has 1 atom stereocenters. The highest BCUT2D eigenvalue weighted by atomic mass is 16.5. The molecule has 2 heteroatoms. The molecule has 0 bridgehead atoms. The third-order valence-corrected chi connectivity index (χ3v) is 4.18. The van der Waals surface area contributed by atoms with Crippen LogP contribution >= 0.6 is 0 Å². The van der Waals surface area contributed by atoms with Gasteiger partial charge in [0.1, 0.15) is 12.4 Å². The van der Waals surface area contributed by atoms with Crippen molar-refractivity contribution < 1.29 is 9.84 Å². The Labute approximate surface area is 116 Å². The predicted molar refractivity (Wildman–Crippen MR) is 78.6 cm³/mol. The van der Waals surface area contributed by atoms with Crippen LogP contribution in [0, 0.1) is 5.41 Å². The zero-order chi connectivity index (χ0) is 13.9. The largest absolute Gasteiger partial charge is 0.491 e. The fourth-order valence-electron chi connectivity index (χ4n) is 2.79. The van der Waals surface area contributed by atoms with Gasteiger partial charge in [-0.25, -0.2) is 0 Å². The Morgan fingerprint density at radius 1 is 1.21 bits per heavy atom. The molecule has 1 aromatic carbocycles. The van der Waals surface area contributed by atoms with Gasteiger partial charge in [-0.3, -0.25) is 0 Å². The van der Waals surface area contributed by atoms with Gasteiger partial charge < -0.3 is 9.84 Å². The van der Waals surface area contributed by atoms with Crippen molar-refractivity contribution in [3.8, 4) is 5.75 Å². The highest BCUT2D eigenvalue weighted by Gasteiger charge is 2.27. The maximum atomic E-state index is 9.20. The minimum atomic E-state index is -0.416. The molecule has 106 valence electrons. The monoisotopic (exact) mass is 262 g/mol. The third-order valence-electron chi connectivity index (χ3n) is 4.18. The number of ether oxygens (including phenoxy) is 1. The average molecular weight is 262 g/mol. The van der Waals surface area contributed by atoms with Gasteiger partial charge in [0.25, 0.3) is 0 Å². The first-order chi connectivity index (χ1) is 8.96. The molecule has 1 aromatic rings. The summed E-state index contributed by atoms with van der Waals surface area (Å²) in [6.45, 7) is 6.83. The Kier molecular flexibility index (Phi) is 4.51. The summed E-state index contributed by atoms with van der Waals surface area (Å²) in [5, 5.41) is 9.20. The highest BCUT2D eigenvalue weighted by Crippen LogP contribution is 2.42. The van der Waals surface area contributed by atoms with Crippen LogP contribution in [-0.2, 0) is 0 Å². The van der Waals surface area contributed by atoms with E-state index in [1.54, 1.807) is 6.92 Å². The Bertz CT molecular complexity index is 382. The van der Waals surface area contributed by atoms with E-state index in [0.29, 0.717) is 17.9 Å². The number of rotatable bonds is 4. The molecule has 0 spiro atoms. The molecule has 1 fully saturated rings. The van der Waals surface area contributed by atoms with Crippen LogP contribution in [0.2, 0.25) is 0 Å². The van der Waals surface area contributed by atoms with E-state index < -0.39 is 6.10 Å². The van der Waals surface area contributed by atoms with E-state index in [1.165, 1.54) is 31.2 Å². The lowest BCUT2D eigenvalue weighted by molar-refractivity contribution is 0.122. The van der Waals surface area contributed by atoms with Gasteiger partial charge in [0.2, 0.25) is 0 Å². The molecule has 2 nitrogen and oxygen atoms in total. The molecule has 19 heavy (non-hydrogen) atoms. The van der Waals surface area contributed by atoms with Gasteiger partial charge in [0, 0.05) is 0 Å². The second-order valence-corrected chi connectivity index (χ2v) is 6.67. The van der Waals surface area contributed by atoms with E-state index in [0.717, 1.165) is 5.75 Å². The molecular weight excluding hydrogens is 236 g/mol. The van der Waals surface area contributed by atoms with Crippen LogP contribution in [0.5, 0.6) is 5.75 Å². The molecule has 1 unspecified atom stereocenters. The SMILES string of the molecule is CC(O)COc1ccc(C2CCC(C)(C)CC2)cc1. The molecule has 1 saturated carbocycles. The first kappa shape index (κ1) is 14.4. The van der Waals surface area contributed by atoms with Gasteiger partial charge in [-0.05, 0) is 61.6 Å². The lowest BCUT2D eigenvalue weighted by atomic mass is 9.71. The van der Waals surface area contributed by atoms with Crippen LogP contribution in [-0.4, -0.2) is 17.8 Å². The Balaban J connectivity index is 1.92. The smallest absolute Gasteiger partial charge is 0.119 e. The van der Waals surface area contributed by atoms with Gasteiger partial charge in [-0.1, -0.05) is 26.0 Å². The van der Waals surface area contributed by atoms with Crippen molar-refractivity contribution in [1.82, 2.24) is 0 Å². The summed E-state index contributed by atoms with van der Waals surface area (Å²) in [6, 6.07) is 8.41. The first-order valence-electron chi connectivity index (χ1n) is 7.37. The number of benzene rings is 1. The fourth-order valence-corrected chi connectivity index (χ4v) is 2.79. The standard InChI is InChI=1S/C17H26O2/c1-13(18)12-19-16-6-4-14(5-7-16)15-8-10-17(2,3)11-9-15/h4-7,13,15,18H,8-12H2,1-3H3. The van der Waals surface area contributed by atoms with Crippen LogP contribution in [0.15, 0.2) is 24.3 Å². The zero-order valence-electron chi connectivity index (χ0n) is 12.4. The molecule has 0 amide bonds. The number of aliphatic hydroxyl groups is 1. The number of aliphatic hydroxyl groups excluding tert-OH is 1. The van der Waals surface area contributed by atoms with Crippen molar-refractivity contribution in [2.45, 2.75) is 58.5 Å². The lowest BCUT2D eigenvalue weighted by Crippen LogP contribution is -2.20. The second kappa shape index (κ2) is 5.96. The molecule has 1 N–H and O–H groups in total. The first-order valence-corrected chi connectivity index (χ1v) is 7.37. The van der Waals surface area contributed by atoms with E-state index in [9.17, 15) is 5.11 Å². The predicted octanol–water partition coefficient (Wildman–Crippen LogP) is 4.13. The van der Waals surface area contributed by atoms with Crippen LogP contribution in [0.25, 0.3) is 0 Å². The van der Waals surface area contributed by atoms with Crippen LogP contribution in [0.3, 0.4) is 0 Å². The maximum absolute atomic E-state index is 9.20. The van der Waals surface area contributed by atoms with Gasteiger partial charge in [-0.15, -0.1) is 0 Å². The van der Waals surface area contributed by atoms with Crippen molar-refractivity contribution in [2.24, 2.45) is 5.41 Å². The minimum Gasteiger partial charge on any atom is -0.491 e.